The van der Waals surface area contributed by atoms with Crippen LogP contribution in [0.4, 0.5) is 5.82 Å². The van der Waals surface area contributed by atoms with Gasteiger partial charge in [-0.15, -0.1) is 0 Å². The molecule has 1 N–H and O–H groups in total. The van der Waals surface area contributed by atoms with Crippen molar-refractivity contribution in [1.82, 2.24) is 15.2 Å². The standard InChI is InChI=1S/C13H13N5/c1-9-6-10(2)17-13(12(9)7-14)15-8-11-4-3-5-16-18-11/h3-6H,8H2,1-2H3,(H,15,17). The molecule has 2 aromatic heterocycles. The predicted molar refractivity (Wildman–Crippen MR) is 67.8 cm³/mol. The van der Waals surface area contributed by atoms with Gasteiger partial charge in [-0.25, -0.2) is 4.98 Å². The third kappa shape index (κ3) is 2.61. The van der Waals surface area contributed by atoms with E-state index >= 15 is 0 Å². The second kappa shape index (κ2) is 5.23. The van der Waals surface area contributed by atoms with Crippen LogP contribution in [-0.4, -0.2) is 15.2 Å². The van der Waals surface area contributed by atoms with Gasteiger partial charge >= 0.3 is 0 Å². The summed E-state index contributed by atoms with van der Waals surface area (Å²) in [5.41, 5.74) is 3.19. The summed E-state index contributed by atoms with van der Waals surface area (Å²) in [6.45, 7) is 4.31. The number of aromatic nitrogens is 3. The SMILES string of the molecule is Cc1cc(C)c(C#N)c(NCc2cccnn2)n1. The zero-order chi connectivity index (χ0) is 13.0. The zero-order valence-corrected chi connectivity index (χ0v) is 10.3. The van der Waals surface area contributed by atoms with E-state index in [-0.39, 0.29) is 0 Å². The van der Waals surface area contributed by atoms with E-state index in [9.17, 15) is 0 Å². The van der Waals surface area contributed by atoms with Gasteiger partial charge in [0.2, 0.25) is 0 Å². The molecule has 0 saturated carbocycles. The second-order valence-corrected chi connectivity index (χ2v) is 3.98. The molecular weight excluding hydrogens is 226 g/mol. The van der Waals surface area contributed by atoms with Crippen molar-refractivity contribution in [2.45, 2.75) is 20.4 Å². The first-order valence-corrected chi connectivity index (χ1v) is 5.59. The molecule has 0 unspecified atom stereocenters. The molecule has 0 aliphatic carbocycles. The van der Waals surface area contributed by atoms with Gasteiger partial charge in [-0.1, -0.05) is 0 Å². The van der Waals surface area contributed by atoms with Crippen molar-refractivity contribution < 1.29 is 0 Å². The monoisotopic (exact) mass is 239 g/mol. The topological polar surface area (TPSA) is 74.5 Å². The molecule has 0 bridgehead atoms. The maximum absolute atomic E-state index is 9.13. The van der Waals surface area contributed by atoms with Crippen molar-refractivity contribution in [3.63, 3.8) is 0 Å². The number of nitriles is 1. The fourth-order valence-corrected chi connectivity index (χ4v) is 1.71. The first-order chi connectivity index (χ1) is 8.70. The summed E-state index contributed by atoms with van der Waals surface area (Å²) in [4.78, 5) is 4.34. The Labute approximate surface area is 106 Å². The molecule has 0 atom stereocenters. The van der Waals surface area contributed by atoms with Crippen LogP contribution >= 0.6 is 0 Å². The molecule has 0 saturated heterocycles. The Morgan fingerprint density at radius 1 is 1.39 bits per heavy atom. The van der Waals surface area contributed by atoms with Gasteiger partial charge in [0.1, 0.15) is 11.9 Å². The average Bonchev–Trinajstić information content (AvgIpc) is 2.37. The van der Waals surface area contributed by atoms with Crippen LogP contribution in [0.5, 0.6) is 0 Å². The summed E-state index contributed by atoms with van der Waals surface area (Å²) in [5, 5.41) is 20.0. The highest BCUT2D eigenvalue weighted by Gasteiger charge is 2.08. The average molecular weight is 239 g/mol. The molecule has 2 heterocycles. The van der Waals surface area contributed by atoms with E-state index in [0.717, 1.165) is 17.0 Å². The molecule has 2 rings (SSSR count). The van der Waals surface area contributed by atoms with Gasteiger partial charge in [-0.05, 0) is 37.6 Å². The van der Waals surface area contributed by atoms with Crippen LogP contribution < -0.4 is 5.32 Å². The number of nitrogens with zero attached hydrogens (tertiary/aromatic N) is 4. The van der Waals surface area contributed by atoms with E-state index in [1.165, 1.54) is 0 Å². The molecule has 0 aromatic carbocycles. The van der Waals surface area contributed by atoms with Crippen LogP contribution in [0.15, 0.2) is 24.4 Å². The summed E-state index contributed by atoms with van der Waals surface area (Å²) in [6.07, 6.45) is 1.62. The van der Waals surface area contributed by atoms with Crippen molar-refractivity contribution in [3.8, 4) is 6.07 Å². The highest BCUT2D eigenvalue weighted by atomic mass is 15.1. The molecule has 0 fully saturated rings. The summed E-state index contributed by atoms with van der Waals surface area (Å²) in [5.74, 6) is 0.598. The van der Waals surface area contributed by atoms with Gasteiger partial charge in [0.05, 0.1) is 17.8 Å². The summed E-state index contributed by atoms with van der Waals surface area (Å²) in [6, 6.07) is 7.75. The number of nitrogens with one attached hydrogen (secondary N) is 1. The van der Waals surface area contributed by atoms with Crippen LogP contribution in [-0.2, 0) is 6.54 Å². The van der Waals surface area contributed by atoms with E-state index in [0.29, 0.717) is 17.9 Å². The van der Waals surface area contributed by atoms with Crippen LogP contribution in [0.25, 0.3) is 0 Å². The van der Waals surface area contributed by atoms with E-state index in [1.807, 2.05) is 32.0 Å². The molecule has 90 valence electrons. The number of aryl methyl sites for hydroxylation is 2. The Hall–Kier alpha value is -2.48. The van der Waals surface area contributed by atoms with Crippen molar-refractivity contribution in [2.75, 3.05) is 5.32 Å². The van der Waals surface area contributed by atoms with Gasteiger partial charge in [-0.3, -0.25) is 0 Å². The van der Waals surface area contributed by atoms with Crippen molar-refractivity contribution >= 4 is 5.82 Å². The Morgan fingerprint density at radius 2 is 2.22 bits per heavy atom. The number of hydrogen-bond donors (Lipinski definition) is 1. The van der Waals surface area contributed by atoms with Crippen molar-refractivity contribution in [1.29, 1.82) is 5.26 Å². The number of anilines is 1. The van der Waals surface area contributed by atoms with E-state index in [1.54, 1.807) is 6.20 Å². The predicted octanol–water partition coefficient (Wildman–Crippen LogP) is 1.97. The van der Waals surface area contributed by atoms with Gasteiger partial charge < -0.3 is 5.32 Å². The van der Waals surface area contributed by atoms with Crippen LogP contribution in [0, 0.1) is 25.2 Å². The quantitative estimate of drug-likeness (QED) is 0.886. The van der Waals surface area contributed by atoms with Crippen LogP contribution in [0.3, 0.4) is 0 Å². The lowest BCUT2D eigenvalue weighted by Crippen LogP contribution is -2.07. The van der Waals surface area contributed by atoms with Gasteiger partial charge in [0.25, 0.3) is 0 Å². The van der Waals surface area contributed by atoms with Crippen molar-refractivity contribution in [2.24, 2.45) is 0 Å². The fraction of sp³-hybridized carbons (Fsp3) is 0.231. The normalized spacial score (nSPS) is 9.83. The Bertz CT molecular complexity index is 586. The summed E-state index contributed by atoms with van der Waals surface area (Å²) in [7, 11) is 0. The Morgan fingerprint density at radius 3 is 2.89 bits per heavy atom. The Balaban J connectivity index is 2.22. The highest BCUT2D eigenvalue weighted by molar-refractivity contribution is 5.56. The molecule has 18 heavy (non-hydrogen) atoms. The summed E-state index contributed by atoms with van der Waals surface area (Å²) < 4.78 is 0. The third-order valence-corrected chi connectivity index (χ3v) is 2.52. The second-order valence-electron chi connectivity index (χ2n) is 3.98. The molecule has 0 radical (unpaired) electrons. The molecular formula is C13H13N5. The largest absolute Gasteiger partial charge is 0.363 e. The van der Waals surface area contributed by atoms with E-state index in [2.05, 4.69) is 26.6 Å². The lowest BCUT2D eigenvalue weighted by Gasteiger charge is -2.09. The Kier molecular flexibility index (Phi) is 3.49. The maximum atomic E-state index is 9.13. The molecule has 2 aromatic rings. The van der Waals surface area contributed by atoms with Gasteiger partial charge in [0, 0.05) is 11.9 Å². The third-order valence-electron chi connectivity index (χ3n) is 2.52. The molecule has 0 spiro atoms. The van der Waals surface area contributed by atoms with Gasteiger partial charge in [0.15, 0.2) is 0 Å². The molecule has 0 aliphatic heterocycles. The molecule has 0 amide bonds. The number of pyridine rings is 1. The lowest BCUT2D eigenvalue weighted by molar-refractivity contribution is 0.918. The smallest absolute Gasteiger partial charge is 0.144 e. The molecule has 5 heteroatoms. The molecule has 5 nitrogen and oxygen atoms in total. The van der Waals surface area contributed by atoms with E-state index < -0.39 is 0 Å². The van der Waals surface area contributed by atoms with Crippen LogP contribution in [0.2, 0.25) is 0 Å². The van der Waals surface area contributed by atoms with E-state index in [4.69, 9.17) is 5.26 Å². The minimum Gasteiger partial charge on any atom is -0.363 e. The van der Waals surface area contributed by atoms with Gasteiger partial charge in [-0.2, -0.15) is 15.5 Å². The molecule has 0 aliphatic rings. The minimum atomic E-state index is 0.498. The zero-order valence-electron chi connectivity index (χ0n) is 10.3. The lowest BCUT2D eigenvalue weighted by atomic mass is 10.1. The first kappa shape index (κ1) is 12.0. The van der Waals surface area contributed by atoms with Crippen LogP contribution in [0.1, 0.15) is 22.5 Å². The van der Waals surface area contributed by atoms with Crippen molar-refractivity contribution in [3.05, 3.63) is 46.9 Å². The summed E-state index contributed by atoms with van der Waals surface area (Å²) >= 11 is 0. The fourth-order valence-electron chi connectivity index (χ4n) is 1.71. The first-order valence-electron chi connectivity index (χ1n) is 5.59. The minimum absolute atomic E-state index is 0.498. The highest BCUT2D eigenvalue weighted by Crippen LogP contribution is 2.17. The number of rotatable bonds is 3. The maximum Gasteiger partial charge on any atom is 0.144 e. The number of hydrogen-bond acceptors (Lipinski definition) is 5.